The van der Waals surface area contributed by atoms with Crippen molar-refractivity contribution in [3.05, 3.63) is 16.3 Å². The van der Waals surface area contributed by atoms with Gasteiger partial charge in [-0.1, -0.05) is 0 Å². The van der Waals surface area contributed by atoms with Crippen LogP contribution in [0.4, 0.5) is 0 Å². The summed E-state index contributed by atoms with van der Waals surface area (Å²) in [5, 5.41) is 8.92. The van der Waals surface area contributed by atoms with E-state index in [2.05, 4.69) is 4.98 Å². The standard InChI is InChI=1S/C9H13NO3S/c1-5-6(13-8(14)10-5)4-9(2,3)7(11)12/h4H2,1-3H3,(H,10,14)(H,11,12). The van der Waals surface area contributed by atoms with Gasteiger partial charge in [0.1, 0.15) is 5.76 Å². The first-order valence-electron chi connectivity index (χ1n) is 4.25. The molecule has 0 atom stereocenters. The van der Waals surface area contributed by atoms with E-state index in [1.54, 1.807) is 13.8 Å². The quantitative estimate of drug-likeness (QED) is 0.759. The molecule has 1 heterocycles. The van der Waals surface area contributed by atoms with Crippen LogP contribution in [0.3, 0.4) is 0 Å². The molecule has 0 amide bonds. The Balaban J connectivity index is 2.94. The number of aryl methyl sites for hydroxylation is 1. The monoisotopic (exact) mass is 215 g/mol. The van der Waals surface area contributed by atoms with Gasteiger partial charge in [0.15, 0.2) is 0 Å². The Morgan fingerprint density at radius 3 is 2.57 bits per heavy atom. The Morgan fingerprint density at radius 2 is 2.21 bits per heavy atom. The molecule has 0 aliphatic heterocycles. The van der Waals surface area contributed by atoms with Gasteiger partial charge in [-0.25, -0.2) is 0 Å². The summed E-state index contributed by atoms with van der Waals surface area (Å²) in [7, 11) is 0. The van der Waals surface area contributed by atoms with E-state index in [4.69, 9.17) is 21.7 Å². The number of nitrogens with one attached hydrogen (secondary N) is 1. The maximum atomic E-state index is 10.9. The minimum Gasteiger partial charge on any atom is -0.481 e. The summed E-state index contributed by atoms with van der Waals surface area (Å²) in [5.41, 5.74) is -0.0394. The molecule has 0 bridgehead atoms. The van der Waals surface area contributed by atoms with Crippen molar-refractivity contribution in [3.63, 3.8) is 0 Å². The molecule has 1 aromatic rings. The van der Waals surface area contributed by atoms with Gasteiger partial charge in [-0.2, -0.15) is 0 Å². The lowest BCUT2D eigenvalue weighted by Crippen LogP contribution is -2.26. The van der Waals surface area contributed by atoms with Crippen LogP contribution in [0.15, 0.2) is 4.42 Å². The van der Waals surface area contributed by atoms with Crippen LogP contribution in [0, 0.1) is 17.2 Å². The first-order chi connectivity index (χ1) is 6.33. The average molecular weight is 215 g/mol. The highest BCUT2D eigenvalue weighted by atomic mass is 32.1. The van der Waals surface area contributed by atoms with Crippen molar-refractivity contribution in [2.45, 2.75) is 27.2 Å². The second kappa shape index (κ2) is 3.57. The predicted molar refractivity (Wildman–Crippen MR) is 53.8 cm³/mol. The maximum absolute atomic E-state index is 10.9. The fraction of sp³-hybridized carbons (Fsp3) is 0.556. The van der Waals surface area contributed by atoms with Gasteiger partial charge >= 0.3 is 5.97 Å². The van der Waals surface area contributed by atoms with Crippen LogP contribution in [0.5, 0.6) is 0 Å². The van der Waals surface area contributed by atoms with E-state index in [9.17, 15) is 4.79 Å². The fourth-order valence-corrected chi connectivity index (χ4v) is 1.34. The molecule has 0 saturated heterocycles. The normalized spacial score (nSPS) is 11.6. The number of oxazole rings is 1. The van der Waals surface area contributed by atoms with Gasteiger partial charge in [0, 0.05) is 6.42 Å². The van der Waals surface area contributed by atoms with Crippen LogP contribution in [-0.2, 0) is 11.2 Å². The lowest BCUT2D eigenvalue weighted by Gasteiger charge is -2.17. The first kappa shape index (κ1) is 11.0. The Morgan fingerprint density at radius 1 is 1.64 bits per heavy atom. The van der Waals surface area contributed by atoms with Crippen LogP contribution in [0.25, 0.3) is 0 Å². The van der Waals surface area contributed by atoms with Crippen molar-refractivity contribution in [2.75, 3.05) is 0 Å². The smallest absolute Gasteiger partial charge is 0.309 e. The molecular weight excluding hydrogens is 202 g/mol. The van der Waals surface area contributed by atoms with E-state index in [1.807, 2.05) is 6.92 Å². The van der Waals surface area contributed by atoms with Crippen molar-refractivity contribution in [1.29, 1.82) is 0 Å². The molecule has 0 spiro atoms. The molecule has 0 radical (unpaired) electrons. The molecule has 1 aromatic heterocycles. The highest BCUT2D eigenvalue weighted by molar-refractivity contribution is 7.71. The maximum Gasteiger partial charge on any atom is 0.309 e. The summed E-state index contributed by atoms with van der Waals surface area (Å²) in [4.78, 5) is 14.0. The van der Waals surface area contributed by atoms with Crippen LogP contribution in [-0.4, -0.2) is 16.1 Å². The van der Waals surface area contributed by atoms with Crippen LogP contribution >= 0.6 is 12.2 Å². The number of carbonyl (C=O) groups is 1. The van der Waals surface area contributed by atoms with Gasteiger partial charge in [0.25, 0.3) is 4.84 Å². The zero-order valence-corrected chi connectivity index (χ0v) is 9.20. The third-order valence-corrected chi connectivity index (χ3v) is 2.29. The molecule has 0 aliphatic carbocycles. The zero-order valence-electron chi connectivity index (χ0n) is 8.38. The molecule has 0 aliphatic rings. The van der Waals surface area contributed by atoms with E-state index in [1.165, 1.54) is 0 Å². The molecule has 0 unspecified atom stereocenters. The number of rotatable bonds is 3. The minimum atomic E-state index is -0.848. The highest BCUT2D eigenvalue weighted by Crippen LogP contribution is 2.23. The van der Waals surface area contributed by atoms with E-state index >= 15 is 0 Å². The fourth-order valence-electron chi connectivity index (χ4n) is 1.08. The molecule has 78 valence electrons. The van der Waals surface area contributed by atoms with Crippen LogP contribution in [0.1, 0.15) is 25.3 Å². The van der Waals surface area contributed by atoms with Crippen LogP contribution < -0.4 is 0 Å². The van der Waals surface area contributed by atoms with Crippen molar-refractivity contribution in [2.24, 2.45) is 5.41 Å². The first-order valence-corrected chi connectivity index (χ1v) is 4.66. The zero-order chi connectivity index (χ0) is 10.9. The van der Waals surface area contributed by atoms with Gasteiger partial charge in [-0.15, -0.1) is 0 Å². The number of carboxylic acids is 1. The van der Waals surface area contributed by atoms with E-state index in [0.29, 0.717) is 17.0 Å². The molecule has 4 nitrogen and oxygen atoms in total. The molecule has 1 rings (SSSR count). The predicted octanol–water partition coefficient (Wildman–Crippen LogP) is 2.30. The SMILES string of the molecule is Cc1[nH]c(=S)oc1CC(C)(C)C(=O)O. The Labute approximate surface area is 86.9 Å². The molecule has 5 heteroatoms. The summed E-state index contributed by atoms with van der Waals surface area (Å²) in [6.45, 7) is 5.12. The van der Waals surface area contributed by atoms with Gasteiger partial charge < -0.3 is 14.5 Å². The Hall–Kier alpha value is -1.10. The number of hydrogen-bond donors (Lipinski definition) is 2. The summed E-state index contributed by atoms with van der Waals surface area (Å²) in [6.07, 6.45) is 0.335. The van der Waals surface area contributed by atoms with Crippen molar-refractivity contribution in [3.8, 4) is 0 Å². The van der Waals surface area contributed by atoms with Gasteiger partial charge in [-0.3, -0.25) is 4.79 Å². The number of aliphatic carboxylic acids is 1. The van der Waals surface area contributed by atoms with Crippen LogP contribution in [0.2, 0.25) is 0 Å². The molecule has 0 fully saturated rings. The van der Waals surface area contributed by atoms with E-state index in [-0.39, 0.29) is 0 Å². The van der Waals surface area contributed by atoms with Gasteiger partial charge in [0.2, 0.25) is 0 Å². The minimum absolute atomic E-state index is 0.290. The second-order valence-corrected chi connectivity index (χ2v) is 4.30. The molecule has 14 heavy (non-hydrogen) atoms. The second-order valence-electron chi connectivity index (χ2n) is 3.93. The average Bonchev–Trinajstić information content (AvgIpc) is 2.29. The van der Waals surface area contributed by atoms with Crippen molar-refractivity contribution >= 4 is 18.2 Å². The lowest BCUT2D eigenvalue weighted by molar-refractivity contribution is -0.147. The third kappa shape index (κ3) is 2.23. The molecule has 0 aromatic carbocycles. The summed E-state index contributed by atoms with van der Waals surface area (Å²) < 4.78 is 5.20. The number of hydrogen-bond acceptors (Lipinski definition) is 3. The summed E-state index contributed by atoms with van der Waals surface area (Å²) in [6, 6.07) is 0. The summed E-state index contributed by atoms with van der Waals surface area (Å²) >= 11 is 4.81. The topological polar surface area (TPSA) is 66.2 Å². The van der Waals surface area contributed by atoms with Gasteiger partial charge in [-0.05, 0) is 33.0 Å². The highest BCUT2D eigenvalue weighted by Gasteiger charge is 2.29. The number of carboxylic acid groups (broad SMARTS) is 1. The number of H-pyrrole nitrogens is 1. The van der Waals surface area contributed by atoms with E-state index < -0.39 is 11.4 Å². The lowest BCUT2D eigenvalue weighted by atomic mass is 9.88. The number of aromatic nitrogens is 1. The van der Waals surface area contributed by atoms with Gasteiger partial charge in [0.05, 0.1) is 11.1 Å². The summed E-state index contributed by atoms with van der Waals surface area (Å²) in [5.74, 6) is -0.235. The van der Waals surface area contributed by atoms with E-state index in [0.717, 1.165) is 5.69 Å². The number of aromatic amines is 1. The third-order valence-electron chi connectivity index (χ3n) is 2.11. The van der Waals surface area contributed by atoms with Crippen molar-refractivity contribution < 1.29 is 14.3 Å². The largest absolute Gasteiger partial charge is 0.481 e. The molecular formula is C9H13NO3S. The molecule has 2 N–H and O–H groups in total. The molecule has 0 saturated carbocycles. The Kier molecular flexibility index (Phi) is 2.80. The Bertz CT molecular complexity index is 402. The van der Waals surface area contributed by atoms with Crippen molar-refractivity contribution in [1.82, 2.24) is 4.98 Å².